The number of hydrogen-bond acceptors (Lipinski definition) is 7. The molecule has 10 heteroatoms. The number of nitrogens with one attached hydrogen (secondary N) is 2. The van der Waals surface area contributed by atoms with Gasteiger partial charge in [0, 0.05) is 16.2 Å². The van der Waals surface area contributed by atoms with Gasteiger partial charge in [0.2, 0.25) is 11.0 Å². The van der Waals surface area contributed by atoms with Crippen LogP contribution >= 0.6 is 34.4 Å². The molecular weight excluding hydrogens is 431 g/mol. The summed E-state index contributed by atoms with van der Waals surface area (Å²) in [7, 11) is 0. The number of thioether (sulfide) groups is 1. The molecule has 2 N–H and O–H groups in total. The molecule has 3 aromatic rings. The fourth-order valence-electron chi connectivity index (χ4n) is 2.39. The first-order valence-corrected chi connectivity index (χ1v) is 11.5. The SMILES string of the molecule is CC(C)C(NC(=O)c1ccc(F)cc1)C(=O)Nc1nnc(SCc2cccs2)s1. The van der Waals surface area contributed by atoms with E-state index in [0.717, 1.165) is 10.1 Å². The molecule has 0 aliphatic carbocycles. The smallest absolute Gasteiger partial charge is 0.251 e. The molecule has 29 heavy (non-hydrogen) atoms. The largest absolute Gasteiger partial charge is 0.340 e. The van der Waals surface area contributed by atoms with Gasteiger partial charge in [-0.2, -0.15) is 0 Å². The molecule has 0 saturated carbocycles. The zero-order chi connectivity index (χ0) is 20.8. The topological polar surface area (TPSA) is 84.0 Å². The van der Waals surface area contributed by atoms with Crippen LogP contribution in [0.2, 0.25) is 0 Å². The summed E-state index contributed by atoms with van der Waals surface area (Å²) in [6.07, 6.45) is 0. The zero-order valence-electron chi connectivity index (χ0n) is 15.7. The van der Waals surface area contributed by atoms with Crippen molar-refractivity contribution in [1.82, 2.24) is 15.5 Å². The van der Waals surface area contributed by atoms with Gasteiger partial charge in [-0.1, -0.05) is 43.0 Å². The summed E-state index contributed by atoms with van der Waals surface area (Å²) in [5.74, 6) is -0.601. The molecule has 2 amide bonds. The van der Waals surface area contributed by atoms with Crippen molar-refractivity contribution < 1.29 is 14.0 Å². The van der Waals surface area contributed by atoms with Crippen molar-refractivity contribution in [2.75, 3.05) is 5.32 Å². The fraction of sp³-hybridized carbons (Fsp3) is 0.263. The minimum atomic E-state index is -0.765. The third-order valence-corrected chi connectivity index (χ3v) is 6.98. The summed E-state index contributed by atoms with van der Waals surface area (Å²) >= 11 is 4.52. The molecule has 152 valence electrons. The molecule has 0 aliphatic rings. The van der Waals surface area contributed by atoms with Gasteiger partial charge in [0.05, 0.1) is 0 Å². The number of nitrogens with zero attached hydrogens (tertiary/aromatic N) is 2. The van der Waals surface area contributed by atoms with E-state index in [0.29, 0.717) is 5.13 Å². The van der Waals surface area contributed by atoms with Gasteiger partial charge >= 0.3 is 0 Å². The third kappa shape index (κ3) is 6.09. The number of carbonyl (C=O) groups is 2. The Hall–Kier alpha value is -2.30. The second-order valence-corrected chi connectivity index (χ2v) is 9.66. The predicted molar refractivity (Wildman–Crippen MR) is 115 cm³/mol. The van der Waals surface area contributed by atoms with E-state index in [-0.39, 0.29) is 17.4 Å². The lowest BCUT2D eigenvalue weighted by atomic mass is 10.0. The maximum Gasteiger partial charge on any atom is 0.251 e. The minimum Gasteiger partial charge on any atom is -0.340 e. The average molecular weight is 451 g/mol. The van der Waals surface area contributed by atoms with E-state index in [1.807, 2.05) is 25.3 Å². The highest BCUT2D eigenvalue weighted by molar-refractivity contribution is 8.00. The molecule has 3 rings (SSSR count). The lowest BCUT2D eigenvalue weighted by molar-refractivity contribution is -0.118. The van der Waals surface area contributed by atoms with Crippen LogP contribution in [0.25, 0.3) is 0 Å². The molecule has 0 aliphatic heterocycles. The van der Waals surface area contributed by atoms with Gasteiger partial charge in [0.15, 0.2) is 4.34 Å². The average Bonchev–Trinajstić information content (AvgIpc) is 3.36. The highest BCUT2D eigenvalue weighted by atomic mass is 32.2. The lowest BCUT2D eigenvalue weighted by Gasteiger charge is -2.21. The summed E-state index contributed by atoms with van der Waals surface area (Å²) in [4.78, 5) is 26.3. The molecule has 0 bridgehead atoms. The first-order chi connectivity index (χ1) is 13.9. The van der Waals surface area contributed by atoms with Crippen LogP contribution in [0.15, 0.2) is 46.1 Å². The van der Waals surface area contributed by atoms with Crippen molar-refractivity contribution >= 4 is 51.4 Å². The van der Waals surface area contributed by atoms with E-state index in [1.165, 1.54) is 40.5 Å². The van der Waals surface area contributed by atoms with Crippen molar-refractivity contribution in [2.45, 2.75) is 30.0 Å². The number of benzene rings is 1. The van der Waals surface area contributed by atoms with Crippen molar-refractivity contribution in [3.05, 3.63) is 58.0 Å². The maximum absolute atomic E-state index is 13.0. The Labute approximate surface area is 180 Å². The van der Waals surface area contributed by atoms with Crippen LogP contribution in [0.5, 0.6) is 0 Å². The number of amides is 2. The Morgan fingerprint density at radius 3 is 2.59 bits per heavy atom. The molecule has 0 radical (unpaired) electrons. The van der Waals surface area contributed by atoms with Crippen LogP contribution in [0, 0.1) is 11.7 Å². The van der Waals surface area contributed by atoms with E-state index in [1.54, 1.807) is 23.1 Å². The highest BCUT2D eigenvalue weighted by Crippen LogP contribution is 2.29. The van der Waals surface area contributed by atoms with Gasteiger partial charge in [0.1, 0.15) is 11.9 Å². The molecule has 1 aromatic carbocycles. The number of rotatable bonds is 8. The maximum atomic E-state index is 13.0. The normalized spacial score (nSPS) is 12.0. The van der Waals surface area contributed by atoms with Crippen molar-refractivity contribution in [2.24, 2.45) is 5.92 Å². The number of carbonyl (C=O) groups excluding carboxylic acids is 2. The number of anilines is 1. The van der Waals surface area contributed by atoms with Crippen LogP contribution in [0.1, 0.15) is 29.1 Å². The number of thiophene rings is 1. The first-order valence-electron chi connectivity index (χ1n) is 8.78. The third-order valence-electron chi connectivity index (χ3n) is 3.90. The Morgan fingerprint density at radius 2 is 1.93 bits per heavy atom. The van der Waals surface area contributed by atoms with Crippen LogP contribution in [-0.4, -0.2) is 28.1 Å². The molecule has 6 nitrogen and oxygen atoms in total. The summed E-state index contributed by atoms with van der Waals surface area (Å²) < 4.78 is 13.8. The fourth-order valence-corrected chi connectivity index (χ4v) is 4.92. The highest BCUT2D eigenvalue weighted by Gasteiger charge is 2.25. The van der Waals surface area contributed by atoms with Crippen LogP contribution in [0.4, 0.5) is 9.52 Å². The molecular formula is C19H19FN4O2S3. The first kappa shape index (κ1) is 21.4. The van der Waals surface area contributed by atoms with Gasteiger partial charge in [-0.05, 0) is 41.6 Å². The second-order valence-electron chi connectivity index (χ2n) is 6.43. The number of aromatic nitrogens is 2. The van der Waals surface area contributed by atoms with Crippen LogP contribution in [-0.2, 0) is 10.5 Å². The van der Waals surface area contributed by atoms with Crippen LogP contribution in [0.3, 0.4) is 0 Å². The lowest BCUT2D eigenvalue weighted by Crippen LogP contribution is -2.47. The molecule has 0 fully saturated rings. The van der Waals surface area contributed by atoms with Gasteiger partial charge < -0.3 is 5.32 Å². The van der Waals surface area contributed by atoms with Gasteiger partial charge in [-0.3, -0.25) is 14.9 Å². The van der Waals surface area contributed by atoms with E-state index >= 15 is 0 Å². The second kappa shape index (κ2) is 9.95. The summed E-state index contributed by atoms with van der Waals surface area (Å²) in [5.41, 5.74) is 0.285. The Kier molecular flexibility index (Phi) is 7.34. The zero-order valence-corrected chi connectivity index (χ0v) is 18.2. The van der Waals surface area contributed by atoms with E-state index in [4.69, 9.17) is 0 Å². The number of halogens is 1. The molecule has 1 unspecified atom stereocenters. The molecule has 2 aromatic heterocycles. The quantitative estimate of drug-likeness (QED) is 0.392. The van der Waals surface area contributed by atoms with E-state index in [9.17, 15) is 14.0 Å². The van der Waals surface area contributed by atoms with Gasteiger partial charge in [-0.15, -0.1) is 21.5 Å². The molecule has 0 saturated heterocycles. The van der Waals surface area contributed by atoms with Gasteiger partial charge in [-0.25, -0.2) is 4.39 Å². The summed E-state index contributed by atoms with van der Waals surface area (Å²) in [6, 6.07) is 8.45. The summed E-state index contributed by atoms with van der Waals surface area (Å²) in [6.45, 7) is 3.66. The Bertz CT molecular complexity index is 958. The minimum absolute atomic E-state index is 0.153. The molecule has 2 heterocycles. The van der Waals surface area contributed by atoms with E-state index < -0.39 is 17.8 Å². The van der Waals surface area contributed by atoms with Gasteiger partial charge in [0.25, 0.3) is 5.91 Å². The van der Waals surface area contributed by atoms with Crippen molar-refractivity contribution in [3.8, 4) is 0 Å². The van der Waals surface area contributed by atoms with Crippen LogP contribution < -0.4 is 10.6 Å². The monoisotopic (exact) mass is 450 g/mol. The standard InChI is InChI=1S/C19H19FN4O2S3/c1-11(2)15(21-16(25)12-5-7-13(20)8-6-12)17(26)22-18-23-24-19(29-18)28-10-14-4-3-9-27-14/h3-9,11,15H,10H2,1-2H3,(H,21,25)(H,22,23,26). The molecule has 1 atom stereocenters. The van der Waals surface area contributed by atoms with Crippen molar-refractivity contribution in [3.63, 3.8) is 0 Å². The van der Waals surface area contributed by atoms with E-state index in [2.05, 4.69) is 26.9 Å². The summed E-state index contributed by atoms with van der Waals surface area (Å²) in [5, 5.41) is 15.9. The Balaban J connectivity index is 1.59. The number of hydrogen-bond donors (Lipinski definition) is 2. The predicted octanol–water partition coefficient (Wildman–Crippen LogP) is 4.42. The molecule has 0 spiro atoms. The Morgan fingerprint density at radius 1 is 1.17 bits per heavy atom. The van der Waals surface area contributed by atoms with Crippen molar-refractivity contribution in [1.29, 1.82) is 0 Å².